The smallest absolute Gasteiger partial charge is 0.326 e. The molecule has 244 valence electrons. The molecule has 18 nitrogen and oxygen atoms in total. The second-order valence-corrected chi connectivity index (χ2v) is 9.90. The number of nitrogens with zero attached hydrogens (tertiary/aromatic N) is 2. The molecular weight excluding hydrogens is 578 g/mol. The number of benzene rings is 1. The van der Waals surface area contributed by atoms with Gasteiger partial charge in [0.25, 0.3) is 0 Å². The summed E-state index contributed by atoms with van der Waals surface area (Å²) < 4.78 is 0. The van der Waals surface area contributed by atoms with Crippen LogP contribution >= 0.6 is 0 Å². The fourth-order valence-electron chi connectivity index (χ4n) is 3.87. The van der Waals surface area contributed by atoms with Crippen molar-refractivity contribution in [2.24, 2.45) is 44.4 Å². The molecule has 0 saturated carbocycles. The number of primary amides is 1. The zero-order valence-corrected chi connectivity index (χ0v) is 24.3. The van der Waals surface area contributed by atoms with E-state index in [9.17, 15) is 34.2 Å². The van der Waals surface area contributed by atoms with Crippen molar-refractivity contribution in [3.05, 3.63) is 29.8 Å². The summed E-state index contributed by atoms with van der Waals surface area (Å²) in [5.74, 6) is -4.76. The van der Waals surface area contributed by atoms with E-state index >= 15 is 0 Å². The van der Waals surface area contributed by atoms with Gasteiger partial charge in [0.1, 0.15) is 23.9 Å². The van der Waals surface area contributed by atoms with E-state index in [4.69, 9.17) is 34.4 Å². The van der Waals surface area contributed by atoms with Gasteiger partial charge in [-0.3, -0.25) is 29.2 Å². The van der Waals surface area contributed by atoms with Gasteiger partial charge in [-0.25, -0.2) is 4.79 Å². The highest BCUT2D eigenvalue weighted by Gasteiger charge is 2.30. The summed E-state index contributed by atoms with van der Waals surface area (Å²) in [7, 11) is 0. The molecule has 1 aromatic carbocycles. The van der Waals surface area contributed by atoms with E-state index in [1.54, 1.807) is 0 Å². The maximum absolute atomic E-state index is 13.3. The Kier molecular flexibility index (Phi) is 16.0. The van der Waals surface area contributed by atoms with Crippen LogP contribution in [0.5, 0.6) is 5.75 Å². The molecule has 0 radical (unpaired) electrons. The van der Waals surface area contributed by atoms with Crippen molar-refractivity contribution in [1.29, 1.82) is 0 Å². The third kappa shape index (κ3) is 15.2. The maximum Gasteiger partial charge on any atom is 0.326 e. The molecule has 17 N–H and O–H groups in total. The molecule has 4 unspecified atom stereocenters. The Hall–Kier alpha value is -5.13. The molecule has 0 spiro atoms. The third-order valence-electron chi connectivity index (χ3n) is 6.19. The van der Waals surface area contributed by atoms with E-state index in [0.29, 0.717) is 12.0 Å². The average Bonchev–Trinajstić information content (AvgIpc) is 2.94. The number of carbonyl (C=O) groups excluding carboxylic acids is 4. The summed E-state index contributed by atoms with van der Waals surface area (Å²) in [6.07, 6.45) is 0.181. The Bertz CT molecular complexity index is 1180. The lowest BCUT2D eigenvalue weighted by atomic mass is 10.0. The number of carboxylic acid groups (broad SMARTS) is 1. The molecule has 1 aromatic rings. The second-order valence-electron chi connectivity index (χ2n) is 9.90. The van der Waals surface area contributed by atoms with Gasteiger partial charge in [-0.1, -0.05) is 12.1 Å². The summed E-state index contributed by atoms with van der Waals surface area (Å²) in [6, 6.07) is 0.705. The first kappa shape index (κ1) is 36.9. The standard InChI is InChI=1S/C26H43N11O7/c27-16(3-1-11-33-25(29)30)21(40)35-17(4-2-12-34-26(31)32)22(41)36-18(9-10-20(28)39)23(42)37-19(24(43)44)13-14-5-7-15(38)8-6-14/h5-8,16-19,38H,1-4,9-13,27H2,(H2,28,39)(H,35,40)(H,36,41)(H,37,42)(H,43,44)(H4,29,30,33)(H4,31,32,34). The molecule has 1 rings (SSSR count). The highest BCUT2D eigenvalue weighted by Crippen LogP contribution is 2.12. The van der Waals surface area contributed by atoms with Crippen LogP contribution in [0.3, 0.4) is 0 Å². The summed E-state index contributed by atoms with van der Waals surface area (Å²) in [5.41, 5.74) is 33.0. The summed E-state index contributed by atoms with van der Waals surface area (Å²) in [5, 5.41) is 26.5. The predicted molar refractivity (Wildman–Crippen MR) is 161 cm³/mol. The van der Waals surface area contributed by atoms with Crippen LogP contribution in [0.2, 0.25) is 0 Å². The zero-order valence-electron chi connectivity index (χ0n) is 24.3. The molecule has 0 aliphatic rings. The van der Waals surface area contributed by atoms with Crippen LogP contribution in [0, 0.1) is 0 Å². The van der Waals surface area contributed by atoms with Gasteiger partial charge >= 0.3 is 5.97 Å². The fourth-order valence-corrected chi connectivity index (χ4v) is 3.87. The quantitative estimate of drug-likeness (QED) is 0.0379. The number of hydrogen-bond donors (Lipinski definition) is 11. The minimum Gasteiger partial charge on any atom is -0.508 e. The molecule has 18 heteroatoms. The zero-order chi connectivity index (χ0) is 33.2. The Balaban J connectivity index is 3.07. The van der Waals surface area contributed by atoms with Crippen LogP contribution in [0.4, 0.5) is 0 Å². The molecule has 0 fully saturated rings. The van der Waals surface area contributed by atoms with Gasteiger partial charge < -0.3 is 60.6 Å². The number of aromatic hydroxyl groups is 1. The molecule has 0 aliphatic heterocycles. The number of hydrogen-bond acceptors (Lipinski definition) is 9. The fraction of sp³-hybridized carbons (Fsp3) is 0.500. The van der Waals surface area contributed by atoms with E-state index in [1.807, 2.05) is 0 Å². The van der Waals surface area contributed by atoms with Crippen LogP contribution in [-0.4, -0.2) is 89.0 Å². The first-order chi connectivity index (χ1) is 20.7. The first-order valence-electron chi connectivity index (χ1n) is 13.8. The number of carbonyl (C=O) groups is 5. The van der Waals surface area contributed by atoms with Crippen molar-refractivity contribution in [2.75, 3.05) is 13.1 Å². The Morgan fingerprint density at radius 3 is 1.68 bits per heavy atom. The molecule has 44 heavy (non-hydrogen) atoms. The summed E-state index contributed by atoms with van der Waals surface area (Å²) in [6.45, 7) is 0.377. The molecule has 4 atom stereocenters. The van der Waals surface area contributed by atoms with E-state index < -0.39 is 53.8 Å². The number of nitrogens with one attached hydrogen (secondary N) is 3. The van der Waals surface area contributed by atoms with Gasteiger partial charge in [-0.2, -0.15) is 0 Å². The van der Waals surface area contributed by atoms with Gasteiger partial charge in [0.2, 0.25) is 23.6 Å². The Morgan fingerprint density at radius 1 is 0.705 bits per heavy atom. The molecular formula is C26H43N11O7. The third-order valence-corrected chi connectivity index (χ3v) is 6.19. The highest BCUT2D eigenvalue weighted by molar-refractivity contribution is 5.94. The lowest BCUT2D eigenvalue weighted by molar-refractivity contribution is -0.142. The number of phenolic OH excluding ortho intramolecular Hbond substituents is 1. The Labute approximate surface area is 254 Å². The topological polar surface area (TPSA) is 343 Å². The number of rotatable bonds is 20. The molecule has 0 aliphatic carbocycles. The van der Waals surface area contributed by atoms with Crippen LogP contribution in [-0.2, 0) is 30.4 Å². The van der Waals surface area contributed by atoms with E-state index in [2.05, 4.69) is 25.9 Å². The Morgan fingerprint density at radius 2 is 1.18 bits per heavy atom. The predicted octanol–water partition coefficient (Wildman–Crippen LogP) is -3.83. The second kappa shape index (κ2) is 19.1. The van der Waals surface area contributed by atoms with Gasteiger partial charge in [-0.15, -0.1) is 0 Å². The maximum atomic E-state index is 13.3. The van der Waals surface area contributed by atoms with Crippen LogP contribution in [0.25, 0.3) is 0 Å². The first-order valence-corrected chi connectivity index (χ1v) is 13.8. The van der Waals surface area contributed by atoms with Crippen molar-refractivity contribution in [3.63, 3.8) is 0 Å². The monoisotopic (exact) mass is 621 g/mol. The van der Waals surface area contributed by atoms with E-state index in [0.717, 1.165) is 0 Å². The van der Waals surface area contributed by atoms with Crippen molar-refractivity contribution >= 4 is 41.5 Å². The van der Waals surface area contributed by atoms with Gasteiger partial charge in [0.15, 0.2) is 11.9 Å². The largest absolute Gasteiger partial charge is 0.508 e. The molecule has 0 heterocycles. The number of nitrogens with two attached hydrogens (primary N) is 6. The lowest BCUT2D eigenvalue weighted by Crippen LogP contribution is -2.57. The molecule has 4 amide bonds. The van der Waals surface area contributed by atoms with Crippen LogP contribution < -0.4 is 50.4 Å². The number of carboxylic acids is 1. The minimum atomic E-state index is -1.41. The molecule has 0 saturated heterocycles. The lowest BCUT2D eigenvalue weighted by Gasteiger charge is -2.25. The number of aliphatic imine (C=N–C) groups is 2. The van der Waals surface area contributed by atoms with E-state index in [1.165, 1.54) is 24.3 Å². The van der Waals surface area contributed by atoms with Crippen molar-refractivity contribution in [2.45, 2.75) is 69.1 Å². The van der Waals surface area contributed by atoms with Crippen LogP contribution in [0.1, 0.15) is 44.1 Å². The van der Waals surface area contributed by atoms with Gasteiger partial charge in [0.05, 0.1) is 6.04 Å². The van der Waals surface area contributed by atoms with Crippen molar-refractivity contribution < 1.29 is 34.2 Å². The highest BCUT2D eigenvalue weighted by atomic mass is 16.4. The normalized spacial score (nSPS) is 13.3. The minimum absolute atomic E-state index is 0.0225. The SMILES string of the molecule is NC(=O)CCC(NC(=O)C(CCCN=C(N)N)NC(=O)C(N)CCCN=C(N)N)C(=O)NC(Cc1ccc(O)cc1)C(=O)O. The molecule has 0 aromatic heterocycles. The van der Waals surface area contributed by atoms with Gasteiger partial charge in [0, 0.05) is 25.9 Å². The number of amides is 4. The number of aliphatic carboxylic acids is 1. The molecule has 0 bridgehead atoms. The summed E-state index contributed by atoms with van der Waals surface area (Å²) >= 11 is 0. The van der Waals surface area contributed by atoms with Crippen molar-refractivity contribution in [1.82, 2.24) is 16.0 Å². The van der Waals surface area contributed by atoms with Crippen LogP contribution in [0.15, 0.2) is 34.3 Å². The number of guanidine groups is 2. The van der Waals surface area contributed by atoms with Crippen molar-refractivity contribution in [3.8, 4) is 5.75 Å². The van der Waals surface area contributed by atoms with E-state index in [-0.39, 0.29) is 69.3 Å². The average molecular weight is 622 g/mol. The summed E-state index contributed by atoms with van der Waals surface area (Å²) in [4.78, 5) is 70.3. The van der Waals surface area contributed by atoms with Gasteiger partial charge in [-0.05, 0) is 49.8 Å². The number of phenols is 1.